The summed E-state index contributed by atoms with van der Waals surface area (Å²) in [5.74, 6) is 0. The molecule has 0 unspecified atom stereocenters. The maximum absolute atomic E-state index is 3.74. The first-order valence-corrected chi connectivity index (χ1v) is 3.74. The zero-order valence-corrected chi connectivity index (χ0v) is 6.30. The van der Waals surface area contributed by atoms with Crippen LogP contribution in [-0.2, 0) is 6.42 Å². The van der Waals surface area contributed by atoms with Crippen molar-refractivity contribution in [1.82, 2.24) is 0 Å². The van der Waals surface area contributed by atoms with Gasteiger partial charge >= 0.3 is 0 Å². The van der Waals surface area contributed by atoms with E-state index in [2.05, 4.69) is 30.9 Å². The van der Waals surface area contributed by atoms with E-state index in [1.54, 1.807) is 0 Å². The molecule has 0 bridgehead atoms. The Bertz CT molecular complexity index is 319. The molecular weight excluding hydrogens is 132 g/mol. The molecule has 0 saturated carbocycles. The molecule has 0 aromatic heterocycles. The van der Waals surface area contributed by atoms with Crippen molar-refractivity contribution < 1.29 is 0 Å². The third-order valence-corrected chi connectivity index (χ3v) is 1.99. The Labute approximate surface area is 66.9 Å². The molecule has 0 spiro atoms. The molecular formula is C11H9. The van der Waals surface area contributed by atoms with Crippen LogP contribution in [0.2, 0.25) is 0 Å². The summed E-state index contributed by atoms with van der Waals surface area (Å²) in [7, 11) is 0. The predicted molar refractivity (Wildman–Crippen MR) is 48.1 cm³/mol. The topological polar surface area (TPSA) is 0 Å². The average Bonchev–Trinajstić information content (AvgIpc) is 2.50. The Morgan fingerprint density at radius 1 is 1.55 bits per heavy atom. The third kappa shape index (κ3) is 0.911. The average molecular weight is 141 g/mol. The largest absolute Gasteiger partial charge is 0.0984 e. The van der Waals surface area contributed by atoms with Crippen molar-refractivity contribution in [2.45, 2.75) is 6.42 Å². The molecule has 1 aliphatic rings. The molecule has 1 radical (unpaired) electrons. The summed E-state index contributed by atoms with van der Waals surface area (Å²) in [6.45, 7) is 3.74. The van der Waals surface area contributed by atoms with Crippen molar-refractivity contribution >= 4 is 12.2 Å². The van der Waals surface area contributed by atoms with Gasteiger partial charge in [0.25, 0.3) is 0 Å². The van der Waals surface area contributed by atoms with Crippen molar-refractivity contribution in [3.63, 3.8) is 0 Å². The molecule has 0 saturated heterocycles. The number of rotatable bonds is 1. The number of hydrogen-bond donors (Lipinski definition) is 0. The van der Waals surface area contributed by atoms with E-state index < -0.39 is 0 Å². The van der Waals surface area contributed by atoms with Crippen LogP contribution in [0.5, 0.6) is 0 Å². The SMILES string of the molecule is C=Cc1[c]ccc2c1C=CC2. The highest BCUT2D eigenvalue weighted by atomic mass is 14.1. The maximum atomic E-state index is 3.74. The molecule has 1 aromatic carbocycles. The second kappa shape index (κ2) is 2.39. The van der Waals surface area contributed by atoms with E-state index in [0.717, 1.165) is 12.0 Å². The van der Waals surface area contributed by atoms with Crippen LogP contribution in [0, 0.1) is 6.07 Å². The Balaban J connectivity index is 2.66. The van der Waals surface area contributed by atoms with E-state index in [9.17, 15) is 0 Å². The van der Waals surface area contributed by atoms with Gasteiger partial charge in [0.05, 0.1) is 0 Å². The summed E-state index contributed by atoms with van der Waals surface area (Å²) in [6, 6.07) is 7.22. The Morgan fingerprint density at radius 2 is 2.45 bits per heavy atom. The minimum atomic E-state index is 1.06. The fourth-order valence-corrected chi connectivity index (χ4v) is 1.42. The van der Waals surface area contributed by atoms with Gasteiger partial charge in [0, 0.05) is 0 Å². The second-order valence-electron chi connectivity index (χ2n) is 2.64. The van der Waals surface area contributed by atoms with E-state index in [-0.39, 0.29) is 0 Å². The lowest BCUT2D eigenvalue weighted by Crippen LogP contribution is -1.84. The highest BCUT2D eigenvalue weighted by molar-refractivity contribution is 5.70. The monoisotopic (exact) mass is 141 g/mol. The molecule has 0 nitrogen and oxygen atoms in total. The molecule has 0 N–H and O–H groups in total. The standard InChI is InChI=1S/C11H9/c1-2-9-5-3-6-10-7-4-8-11(9)10/h2-4,6,8H,1,7H2. The molecule has 0 aliphatic heterocycles. The second-order valence-corrected chi connectivity index (χ2v) is 2.64. The lowest BCUT2D eigenvalue weighted by molar-refractivity contribution is 1.30. The van der Waals surface area contributed by atoms with Gasteiger partial charge in [0.2, 0.25) is 0 Å². The van der Waals surface area contributed by atoms with Gasteiger partial charge in [-0.2, -0.15) is 0 Å². The van der Waals surface area contributed by atoms with Crippen molar-refractivity contribution in [3.05, 3.63) is 47.5 Å². The molecule has 1 aliphatic carbocycles. The molecule has 0 fully saturated rings. The van der Waals surface area contributed by atoms with Crippen LogP contribution in [0.4, 0.5) is 0 Å². The van der Waals surface area contributed by atoms with Gasteiger partial charge in [-0.25, -0.2) is 0 Å². The lowest BCUT2D eigenvalue weighted by Gasteiger charge is -2.00. The van der Waals surface area contributed by atoms with Crippen LogP contribution in [0.15, 0.2) is 24.8 Å². The highest BCUT2D eigenvalue weighted by Crippen LogP contribution is 2.23. The molecule has 2 rings (SSSR count). The van der Waals surface area contributed by atoms with E-state index in [1.807, 2.05) is 12.1 Å². The summed E-state index contributed by atoms with van der Waals surface area (Å²) in [6.07, 6.45) is 7.23. The minimum Gasteiger partial charge on any atom is -0.0984 e. The summed E-state index contributed by atoms with van der Waals surface area (Å²) in [4.78, 5) is 0. The van der Waals surface area contributed by atoms with Gasteiger partial charge in [0.15, 0.2) is 0 Å². The predicted octanol–water partition coefficient (Wildman–Crippen LogP) is 2.70. The van der Waals surface area contributed by atoms with Crippen LogP contribution in [0.3, 0.4) is 0 Å². The fraction of sp³-hybridized carbons (Fsp3) is 0.0909. The third-order valence-electron chi connectivity index (χ3n) is 1.99. The number of benzene rings is 1. The van der Waals surface area contributed by atoms with E-state index in [4.69, 9.17) is 0 Å². The quantitative estimate of drug-likeness (QED) is 0.564. The van der Waals surface area contributed by atoms with Crippen molar-refractivity contribution in [3.8, 4) is 0 Å². The number of fused-ring (bicyclic) bond motifs is 1. The van der Waals surface area contributed by atoms with Crippen LogP contribution >= 0.6 is 0 Å². The molecule has 11 heavy (non-hydrogen) atoms. The summed E-state index contributed by atoms with van der Waals surface area (Å²) in [5.41, 5.74) is 3.80. The highest BCUT2D eigenvalue weighted by Gasteiger charge is 2.06. The summed E-state index contributed by atoms with van der Waals surface area (Å²) in [5, 5.41) is 0. The first kappa shape index (κ1) is 6.41. The first-order valence-electron chi connectivity index (χ1n) is 3.74. The van der Waals surface area contributed by atoms with E-state index >= 15 is 0 Å². The van der Waals surface area contributed by atoms with E-state index in [0.29, 0.717) is 0 Å². The molecule has 53 valence electrons. The van der Waals surface area contributed by atoms with Crippen molar-refractivity contribution in [2.24, 2.45) is 0 Å². The lowest BCUT2D eigenvalue weighted by atomic mass is 10.0. The number of hydrogen-bond acceptors (Lipinski definition) is 0. The van der Waals surface area contributed by atoms with E-state index in [1.165, 1.54) is 11.1 Å². The zero-order valence-electron chi connectivity index (χ0n) is 6.30. The van der Waals surface area contributed by atoms with Gasteiger partial charge in [-0.05, 0) is 29.2 Å². The molecule has 0 atom stereocenters. The number of allylic oxidation sites excluding steroid dienone is 1. The van der Waals surface area contributed by atoms with Crippen LogP contribution < -0.4 is 0 Å². The minimum absolute atomic E-state index is 1.06. The normalized spacial score (nSPS) is 13.1. The van der Waals surface area contributed by atoms with Crippen LogP contribution in [0.1, 0.15) is 16.7 Å². The zero-order chi connectivity index (χ0) is 7.68. The molecule has 1 aromatic rings. The van der Waals surface area contributed by atoms with Gasteiger partial charge in [-0.3, -0.25) is 0 Å². The molecule has 0 amide bonds. The summed E-state index contributed by atoms with van der Waals surface area (Å²) < 4.78 is 0. The maximum Gasteiger partial charge on any atom is -0.00879 e. The fourth-order valence-electron chi connectivity index (χ4n) is 1.42. The van der Waals surface area contributed by atoms with Crippen LogP contribution in [-0.4, -0.2) is 0 Å². The van der Waals surface area contributed by atoms with Crippen molar-refractivity contribution in [2.75, 3.05) is 0 Å². The molecule has 0 heteroatoms. The van der Waals surface area contributed by atoms with Gasteiger partial charge < -0.3 is 0 Å². The van der Waals surface area contributed by atoms with Crippen molar-refractivity contribution in [1.29, 1.82) is 0 Å². The Hall–Kier alpha value is -1.30. The summed E-state index contributed by atoms with van der Waals surface area (Å²) >= 11 is 0. The van der Waals surface area contributed by atoms with Gasteiger partial charge in [-0.15, -0.1) is 0 Å². The molecule has 0 heterocycles. The van der Waals surface area contributed by atoms with Crippen LogP contribution in [0.25, 0.3) is 12.2 Å². The van der Waals surface area contributed by atoms with Gasteiger partial charge in [-0.1, -0.05) is 36.9 Å². The Kier molecular flexibility index (Phi) is 1.39. The Morgan fingerprint density at radius 3 is 3.27 bits per heavy atom. The first-order chi connectivity index (χ1) is 5.42. The smallest absolute Gasteiger partial charge is 0.00879 e. The van der Waals surface area contributed by atoms with Gasteiger partial charge in [0.1, 0.15) is 0 Å².